The van der Waals surface area contributed by atoms with Gasteiger partial charge in [0.05, 0.1) is 5.60 Å². The molecular formula is C16H25BrFNO. The van der Waals surface area contributed by atoms with E-state index in [1.807, 2.05) is 6.07 Å². The number of nitrogens with one attached hydrogen (secondary N) is 1. The molecule has 0 heterocycles. The van der Waals surface area contributed by atoms with Crippen LogP contribution >= 0.6 is 15.9 Å². The molecule has 0 radical (unpaired) electrons. The van der Waals surface area contributed by atoms with Gasteiger partial charge >= 0.3 is 0 Å². The van der Waals surface area contributed by atoms with E-state index in [9.17, 15) is 4.39 Å². The maximum Gasteiger partial charge on any atom is 0.124 e. The fraction of sp³-hybridized carbons (Fsp3) is 0.625. The van der Waals surface area contributed by atoms with Crippen molar-refractivity contribution < 1.29 is 9.13 Å². The molecule has 0 aliphatic heterocycles. The van der Waals surface area contributed by atoms with Gasteiger partial charge in [-0.15, -0.1) is 0 Å². The Morgan fingerprint density at radius 1 is 1.30 bits per heavy atom. The summed E-state index contributed by atoms with van der Waals surface area (Å²) in [6, 6.07) is 5.07. The molecule has 1 N–H and O–H groups in total. The summed E-state index contributed by atoms with van der Waals surface area (Å²) < 4.78 is 19.8. The Morgan fingerprint density at radius 3 is 2.40 bits per heavy atom. The topological polar surface area (TPSA) is 21.3 Å². The van der Waals surface area contributed by atoms with Gasteiger partial charge in [-0.05, 0) is 43.5 Å². The van der Waals surface area contributed by atoms with E-state index in [1.54, 1.807) is 7.11 Å². The minimum atomic E-state index is -0.218. The summed E-state index contributed by atoms with van der Waals surface area (Å²) in [4.78, 5) is 0. The zero-order chi connectivity index (χ0) is 15.2. The molecule has 0 saturated heterocycles. The van der Waals surface area contributed by atoms with Crippen molar-refractivity contribution in [1.82, 2.24) is 5.32 Å². The van der Waals surface area contributed by atoms with Gasteiger partial charge in [-0.25, -0.2) is 4.39 Å². The largest absolute Gasteiger partial charge is 0.377 e. The van der Waals surface area contributed by atoms with Crippen LogP contribution in [0.2, 0.25) is 0 Å². The molecule has 0 amide bonds. The lowest BCUT2D eigenvalue weighted by atomic mass is 9.84. The molecule has 20 heavy (non-hydrogen) atoms. The number of ether oxygens (including phenoxy) is 1. The highest BCUT2D eigenvalue weighted by Gasteiger charge is 2.35. The van der Waals surface area contributed by atoms with Crippen molar-refractivity contribution in [3.05, 3.63) is 34.1 Å². The van der Waals surface area contributed by atoms with Crippen molar-refractivity contribution in [2.75, 3.05) is 13.7 Å². The number of hydrogen-bond acceptors (Lipinski definition) is 2. The van der Waals surface area contributed by atoms with E-state index < -0.39 is 0 Å². The van der Waals surface area contributed by atoms with E-state index in [-0.39, 0.29) is 17.5 Å². The first-order valence-electron chi connectivity index (χ1n) is 7.25. The molecule has 1 aromatic carbocycles. The van der Waals surface area contributed by atoms with Crippen molar-refractivity contribution >= 4 is 15.9 Å². The molecule has 4 heteroatoms. The molecule has 1 aromatic rings. The van der Waals surface area contributed by atoms with E-state index in [0.29, 0.717) is 0 Å². The Labute approximate surface area is 130 Å². The first-order valence-corrected chi connectivity index (χ1v) is 8.04. The van der Waals surface area contributed by atoms with Gasteiger partial charge in [0.1, 0.15) is 5.82 Å². The Kier molecular flexibility index (Phi) is 7.13. The summed E-state index contributed by atoms with van der Waals surface area (Å²) in [6.07, 6.45) is 2.69. The second-order valence-electron chi connectivity index (χ2n) is 5.03. The van der Waals surface area contributed by atoms with Crippen LogP contribution < -0.4 is 5.32 Å². The second-order valence-corrected chi connectivity index (χ2v) is 5.88. The van der Waals surface area contributed by atoms with Crippen LogP contribution in [-0.4, -0.2) is 25.3 Å². The molecule has 0 spiro atoms. The Bertz CT molecular complexity index is 413. The van der Waals surface area contributed by atoms with Crippen molar-refractivity contribution in [1.29, 1.82) is 0 Å². The average molecular weight is 346 g/mol. The van der Waals surface area contributed by atoms with Crippen molar-refractivity contribution in [3.63, 3.8) is 0 Å². The van der Waals surface area contributed by atoms with E-state index >= 15 is 0 Å². The predicted octanol–water partition coefficient (Wildman–Crippen LogP) is 4.31. The molecule has 0 aromatic heterocycles. The Balaban J connectivity index is 3.02. The first kappa shape index (κ1) is 17.6. The van der Waals surface area contributed by atoms with Crippen LogP contribution in [-0.2, 0) is 11.2 Å². The molecule has 0 saturated carbocycles. The predicted molar refractivity (Wildman–Crippen MR) is 85.6 cm³/mol. The molecule has 0 bridgehead atoms. The minimum Gasteiger partial charge on any atom is -0.377 e. The number of methoxy groups -OCH3 is 1. The van der Waals surface area contributed by atoms with E-state index in [1.165, 1.54) is 12.1 Å². The van der Waals surface area contributed by atoms with Gasteiger partial charge < -0.3 is 10.1 Å². The summed E-state index contributed by atoms with van der Waals surface area (Å²) in [5.74, 6) is -0.218. The SMILES string of the molecule is CCNC(Cc1ccc(F)cc1Br)C(CC)(CC)OC. The first-order chi connectivity index (χ1) is 9.52. The lowest BCUT2D eigenvalue weighted by Gasteiger charge is -2.39. The van der Waals surface area contributed by atoms with Crippen molar-refractivity contribution in [3.8, 4) is 0 Å². The van der Waals surface area contributed by atoms with Crippen LogP contribution in [0.25, 0.3) is 0 Å². The standard InChI is InChI=1S/C16H25BrFNO/c1-5-16(6-2,20-4)15(19-7-3)10-12-8-9-13(18)11-14(12)17/h8-9,11,15,19H,5-7,10H2,1-4H3. The molecule has 1 rings (SSSR count). The lowest BCUT2D eigenvalue weighted by Crippen LogP contribution is -2.52. The number of benzene rings is 1. The molecule has 114 valence electrons. The van der Waals surface area contributed by atoms with Gasteiger partial charge in [-0.3, -0.25) is 0 Å². The van der Waals surface area contributed by atoms with Crippen LogP contribution in [0.1, 0.15) is 39.2 Å². The maximum absolute atomic E-state index is 13.2. The van der Waals surface area contributed by atoms with Crippen molar-refractivity contribution in [2.24, 2.45) is 0 Å². The fourth-order valence-electron chi connectivity index (χ4n) is 2.77. The summed E-state index contributed by atoms with van der Waals surface area (Å²) >= 11 is 3.45. The van der Waals surface area contributed by atoms with Crippen LogP contribution in [0.5, 0.6) is 0 Å². The highest BCUT2D eigenvalue weighted by molar-refractivity contribution is 9.10. The molecule has 1 unspecified atom stereocenters. The third-order valence-corrected chi connectivity index (χ3v) is 4.87. The third kappa shape index (κ3) is 4.03. The molecule has 0 aliphatic carbocycles. The normalized spacial score (nSPS) is 13.5. The Hall–Kier alpha value is -0.450. The number of likely N-dealkylation sites (N-methyl/N-ethyl adjacent to an activating group) is 1. The van der Waals surface area contributed by atoms with Gasteiger partial charge in [-0.1, -0.05) is 42.8 Å². The quantitative estimate of drug-likeness (QED) is 0.757. The minimum absolute atomic E-state index is 0.191. The van der Waals surface area contributed by atoms with Gasteiger partial charge in [0.25, 0.3) is 0 Å². The molecule has 1 atom stereocenters. The van der Waals surface area contributed by atoms with Gasteiger partial charge in [0.15, 0.2) is 0 Å². The highest BCUT2D eigenvalue weighted by Crippen LogP contribution is 2.29. The number of halogens is 2. The lowest BCUT2D eigenvalue weighted by molar-refractivity contribution is -0.0469. The molecular weight excluding hydrogens is 321 g/mol. The van der Waals surface area contributed by atoms with Crippen LogP contribution in [0.4, 0.5) is 4.39 Å². The summed E-state index contributed by atoms with van der Waals surface area (Å²) in [6.45, 7) is 7.28. The monoisotopic (exact) mass is 345 g/mol. The summed E-state index contributed by atoms with van der Waals surface area (Å²) in [5, 5.41) is 3.53. The fourth-order valence-corrected chi connectivity index (χ4v) is 3.28. The van der Waals surface area contributed by atoms with E-state index in [4.69, 9.17) is 4.74 Å². The highest BCUT2D eigenvalue weighted by atomic mass is 79.9. The third-order valence-electron chi connectivity index (χ3n) is 4.13. The maximum atomic E-state index is 13.2. The van der Waals surface area contributed by atoms with Crippen molar-refractivity contribution in [2.45, 2.75) is 51.7 Å². The van der Waals surface area contributed by atoms with E-state index in [0.717, 1.165) is 35.8 Å². The summed E-state index contributed by atoms with van der Waals surface area (Å²) in [7, 11) is 1.77. The van der Waals surface area contributed by atoms with Crippen LogP contribution in [0.15, 0.2) is 22.7 Å². The molecule has 0 aliphatic rings. The second kappa shape index (κ2) is 8.11. The zero-order valence-electron chi connectivity index (χ0n) is 12.8. The summed E-state index contributed by atoms with van der Waals surface area (Å²) in [5.41, 5.74) is 0.907. The van der Waals surface area contributed by atoms with Gasteiger partial charge in [0.2, 0.25) is 0 Å². The Morgan fingerprint density at radius 2 is 1.95 bits per heavy atom. The zero-order valence-corrected chi connectivity index (χ0v) is 14.4. The van der Waals surface area contributed by atoms with Gasteiger partial charge in [0, 0.05) is 17.6 Å². The van der Waals surface area contributed by atoms with E-state index in [2.05, 4.69) is 42.0 Å². The molecule has 0 fully saturated rings. The van der Waals surface area contributed by atoms with Crippen LogP contribution in [0.3, 0.4) is 0 Å². The smallest absolute Gasteiger partial charge is 0.124 e. The van der Waals surface area contributed by atoms with Crippen LogP contribution in [0, 0.1) is 5.82 Å². The number of rotatable bonds is 8. The number of hydrogen-bond donors (Lipinski definition) is 1. The molecule has 2 nitrogen and oxygen atoms in total. The average Bonchev–Trinajstić information content (AvgIpc) is 2.44. The van der Waals surface area contributed by atoms with Gasteiger partial charge in [-0.2, -0.15) is 0 Å².